The van der Waals surface area contributed by atoms with E-state index in [-0.39, 0.29) is 5.82 Å². The van der Waals surface area contributed by atoms with Gasteiger partial charge in [0.25, 0.3) is 0 Å². The third kappa shape index (κ3) is 4.00. The van der Waals surface area contributed by atoms with Gasteiger partial charge in [-0.15, -0.1) is 0 Å². The van der Waals surface area contributed by atoms with Crippen LogP contribution >= 0.6 is 22.6 Å². The van der Waals surface area contributed by atoms with Crippen LogP contribution in [-0.2, 0) is 6.54 Å². The number of halogens is 2. The molecule has 0 amide bonds. The van der Waals surface area contributed by atoms with E-state index >= 15 is 0 Å². The van der Waals surface area contributed by atoms with Gasteiger partial charge in [0.2, 0.25) is 0 Å². The Labute approximate surface area is 137 Å². The molecule has 2 aromatic rings. The Kier molecular flexibility index (Phi) is 5.67. The van der Waals surface area contributed by atoms with Gasteiger partial charge in [-0.05, 0) is 53.8 Å². The summed E-state index contributed by atoms with van der Waals surface area (Å²) in [6, 6.07) is 10.5. The highest BCUT2D eigenvalue weighted by Gasteiger charge is 2.10. The van der Waals surface area contributed by atoms with Gasteiger partial charge in [0.05, 0.1) is 13.7 Å². The van der Waals surface area contributed by atoms with Crippen molar-refractivity contribution in [2.75, 3.05) is 19.0 Å². The van der Waals surface area contributed by atoms with Crippen LogP contribution in [0, 0.1) is 9.39 Å². The summed E-state index contributed by atoms with van der Waals surface area (Å²) in [5.41, 5.74) is 1.88. The first-order valence-corrected chi connectivity index (χ1v) is 7.71. The molecule has 3 nitrogen and oxygen atoms in total. The number of ether oxygens (including phenoxy) is 2. The lowest BCUT2D eigenvalue weighted by molar-refractivity contribution is 0.309. The zero-order valence-corrected chi connectivity index (χ0v) is 14.1. The molecule has 0 radical (unpaired) electrons. The number of hydrogen-bond acceptors (Lipinski definition) is 3. The van der Waals surface area contributed by atoms with Crippen LogP contribution in [0.15, 0.2) is 36.4 Å². The van der Waals surface area contributed by atoms with Gasteiger partial charge >= 0.3 is 0 Å². The Balaban J connectivity index is 2.17. The molecular weight excluding hydrogens is 384 g/mol. The monoisotopic (exact) mass is 401 g/mol. The van der Waals surface area contributed by atoms with Crippen molar-refractivity contribution < 1.29 is 13.9 Å². The average Bonchev–Trinajstić information content (AvgIpc) is 2.47. The molecule has 0 aliphatic rings. The maximum Gasteiger partial charge on any atom is 0.165 e. The molecule has 5 heteroatoms. The molecular formula is C16H17FINO2. The summed E-state index contributed by atoms with van der Waals surface area (Å²) >= 11 is 2.11. The van der Waals surface area contributed by atoms with Crippen molar-refractivity contribution in [1.82, 2.24) is 0 Å². The fourth-order valence-electron chi connectivity index (χ4n) is 2.02. The van der Waals surface area contributed by atoms with Crippen LogP contribution in [0.5, 0.6) is 11.5 Å². The maximum absolute atomic E-state index is 13.1. The van der Waals surface area contributed by atoms with Crippen LogP contribution in [0.1, 0.15) is 12.5 Å². The van der Waals surface area contributed by atoms with E-state index < -0.39 is 0 Å². The SMILES string of the molecule is CCOc1cccc(CNc2ccc(F)cc2I)c1OC. The number of methoxy groups -OCH3 is 1. The third-order valence-electron chi connectivity index (χ3n) is 2.96. The lowest BCUT2D eigenvalue weighted by Gasteiger charge is -2.15. The Morgan fingerprint density at radius 2 is 2.05 bits per heavy atom. The van der Waals surface area contributed by atoms with Gasteiger partial charge in [-0.25, -0.2) is 4.39 Å². The first kappa shape index (κ1) is 15.9. The molecule has 0 aliphatic heterocycles. The van der Waals surface area contributed by atoms with E-state index in [4.69, 9.17) is 9.47 Å². The zero-order valence-electron chi connectivity index (χ0n) is 12.0. The Hall–Kier alpha value is -1.50. The molecule has 0 spiro atoms. The lowest BCUT2D eigenvalue weighted by Crippen LogP contribution is -2.05. The summed E-state index contributed by atoms with van der Waals surface area (Å²) in [6.45, 7) is 3.10. The zero-order chi connectivity index (χ0) is 15.2. The van der Waals surface area contributed by atoms with E-state index in [1.165, 1.54) is 12.1 Å². The molecule has 2 aromatic carbocycles. The largest absolute Gasteiger partial charge is 0.493 e. The van der Waals surface area contributed by atoms with Crippen LogP contribution < -0.4 is 14.8 Å². The van der Waals surface area contributed by atoms with Gasteiger partial charge in [0.1, 0.15) is 5.82 Å². The number of anilines is 1. The van der Waals surface area contributed by atoms with Crippen LogP contribution in [0.3, 0.4) is 0 Å². The van der Waals surface area contributed by atoms with Crippen molar-refractivity contribution in [2.45, 2.75) is 13.5 Å². The van der Waals surface area contributed by atoms with E-state index in [9.17, 15) is 4.39 Å². The number of para-hydroxylation sites is 1. The minimum atomic E-state index is -0.235. The summed E-state index contributed by atoms with van der Waals surface area (Å²) < 4.78 is 24.9. The summed E-state index contributed by atoms with van der Waals surface area (Å²) in [7, 11) is 1.63. The smallest absolute Gasteiger partial charge is 0.165 e. The van der Waals surface area contributed by atoms with E-state index in [1.807, 2.05) is 25.1 Å². The van der Waals surface area contributed by atoms with Gasteiger partial charge in [-0.1, -0.05) is 12.1 Å². The second kappa shape index (κ2) is 7.49. The number of rotatable bonds is 6. The highest BCUT2D eigenvalue weighted by atomic mass is 127. The number of nitrogens with one attached hydrogen (secondary N) is 1. The van der Waals surface area contributed by atoms with Gasteiger partial charge in [0, 0.05) is 21.4 Å². The Morgan fingerprint density at radius 3 is 2.71 bits per heavy atom. The van der Waals surface area contributed by atoms with Crippen molar-refractivity contribution in [2.24, 2.45) is 0 Å². The van der Waals surface area contributed by atoms with E-state index in [2.05, 4.69) is 27.9 Å². The van der Waals surface area contributed by atoms with Gasteiger partial charge in [-0.2, -0.15) is 0 Å². The van der Waals surface area contributed by atoms with Crippen LogP contribution in [-0.4, -0.2) is 13.7 Å². The van der Waals surface area contributed by atoms with E-state index in [0.29, 0.717) is 13.2 Å². The first-order chi connectivity index (χ1) is 10.2. The first-order valence-electron chi connectivity index (χ1n) is 6.63. The fourth-order valence-corrected chi connectivity index (χ4v) is 2.69. The van der Waals surface area contributed by atoms with Crippen molar-refractivity contribution in [3.63, 3.8) is 0 Å². The number of benzene rings is 2. The predicted octanol–water partition coefficient (Wildman–Crippen LogP) is 4.45. The molecule has 0 saturated heterocycles. The summed E-state index contributed by atoms with van der Waals surface area (Å²) in [5.74, 6) is 1.22. The molecule has 0 unspecified atom stereocenters. The average molecular weight is 401 g/mol. The molecule has 0 aromatic heterocycles. The van der Waals surface area contributed by atoms with Gasteiger partial charge < -0.3 is 14.8 Å². The minimum Gasteiger partial charge on any atom is -0.493 e. The molecule has 0 atom stereocenters. The van der Waals surface area contributed by atoms with Gasteiger partial charge in [0.15, 0.2) is 11.5 Å². The molecule has 0 bridgehead atoms. The summed E-state index contributed by atoms with van der Waals surface area (Å²) in [6.07, 6.45) is 0. The Morgan fingerprint density at radius 1 is 1.24 bits per heavy atom. The quantitative estimate of drug-likeness (QED) is 0.726. The fraction of sp³-hybridized carbons (Fsp3) is 0.250. The predicted molar refractivity (Wildman–Crippen MR) is 90.6 cm³/mol. The van der Waals surface area contributed by atoms with Crippen molar-refractivity contribution in [3.05, 3.63) is 51.3 Å². The van der Waals surface area contributed by atoms with E-state index in [1.54, 1.807) is 13.2 Å². The summed E-state index contributed by atoms with van der Waals surface area (Å²) in [4.78, 5) is 0. The van der Waals surface area contributed by atoms with Gasteiger partial charge in [-0.3, -0.25) is 0 Å². The van der Waals surface area contributed by atoms with E-state index in [0.717, 1.165) is 26.3 Å². The lowest BCUT2D eigenvalue weighted by atomic mass is 10.1. The van der Waals surface area contributed by atoms with Crippen molar-refractivity contribution in [3.8, 4) is 11.5 Å². The molecule has 0 aliphatic carbocycles. The second-order valence-electron chi connectivity index (χ2n) is 4.36. The third-order valence-corrected chi connectivity index (χ3v) is 3.86. The molecule has 112 valence electrons. The number of hydrogen-bond donors (Lipinski definition) is 1. The molecule has 21 heavy (non-hydrogen) atoms. The van der Waals surface area contributed by atoms with Crippen molar-refractivity contribution in [1.29, 1.82) is 0 Å². The van der Waals surface area contributed by atoms with Crippen LogP contribution in [0.2, 0.25) is 0 Å². The highest BCUT2D eigenvalue weighted by molar-refractivity contribution is 14.1. The standard InChI is InChI=1S/C16H17FINO2/c1-3-21-15-6-4-5-11(16(15)20-2)10-19-14-8-7-12(17)9-13(14)18/h4-9,19H,3,10H2,1-2H3. The Bertz CT molecular complexity index is 619. The normalized spacial score (nSPS) is 10.3. The minimum absolute atomic E-state index is 0.235. The summed E-state index contributed by atoms with van der Waals surface area (Å²) in [5, 5.41) is 3.29. The molecule has 2 rings (SSSR count). The van der Waals surface area contributed by atoms with Crippen LogP contribution in [0.4, 0.5) is 10.1 Å². The molecule has 0 fully saturated rings. The maximum atomic E-state index is 13.1. The highest BCUT2D eigenvalue weighted by Crippen LogP contribution is 2.32. The topological polar surface area (TPSA) is 30.5 Å². The molecule has 1 N–H and O–H groups in total. The van der Waals surface area contributed by atoms with Crippen LogP contribution in [0.25, 0.3) is 0 Å². The second-order valence-corrected chi connectivity index (χ2v) is 5.52. The molecule has 0 saturated carbocycles. The molecule has 0 heterocycles. The van der Waals surface area contributed by atoms with Crippen molar-refractivity contribution >= 4 is 28.3 Å².